The topological polar surface area (TPSA) is 81.4 Å². The standard InChI is InChI=1S/C16H24N2O3S.ClH/c1-11-8-13-9-14(6-7-16(13)21-11)22(19,20)18-15(10-17)12-4-2-3-5-12;/h6-7,9,11-12,15,18H,2-5,8,10,17H2,1H3;1H. The Morgan fingerprint density at radius 1 is 1.35 bits per heavy atom. The Kier molecular flexibility index (Phi) is 5.94. The summed E-state index contributed by atoms with van der Waals surface area (Å²) in [7, 11) is -3.53. The maximum atomic E-state index is 12.6. The van der Waals surface area contributed by atoms with Gasteiger partial charge in [-0.15, -0.1) is 12.4 Å². The lowest BCUT2D eigenvalue weighted by atomic mass is 9.99. The van der Waals surface area contributed by atoms with E-state index >= 15 is 0 Å². The molecule has 1 heterocycles. The predicted molar refractivity (Wildman–Crippen MR) is 92.6 cm³/mol. The number of rotatable bonds is 5. The van der Waals surface area contributed by atoms with E-state index < -0.39 is 10.0 Å². The Balaban J connectivity index is 0.00000192. The van der Waals surface area contributed by atoms with Crippen molar-refractivity contribution in [1.82, 2.24) is 4.72 Å². The minimum atomic E-state index is -3.53. The van der Waals surface area contributed by atoms with Gasteiger partial charge in [-0.3, -0.25) is 0 Å². The van der Waals surface area contributed by atoms with Gasteiger partial charge < -0.3 is 10.5 Å². The number of fused-ring (bicyclic) bond motifs is 1. The third-order valence-electron chi connectivity index (χ3n) is 4.71. The van der Waals surface area contributed by atoms with E-state index in [1.54, 1.807) is 18.2 Å². The zero-order chi connectivity index (χ0) is 15.7. The van der Waals surface area contributed by atoms with Gasteiger partial charge in [0.05, 0.1) is 4.90 Å². The molecular weight excluding hydrogens is 336 g/mol. The Morgan fingerprint density at radius 2 is 2.04 bits per heavy atom. The molecule has 5 nitrogen and oxygen atoms in total. The summed E-state index contributed by atoms with van der Waals surface area (Å²) in [6.45, 7) is 2.33. The van der Waals surface area contributed by atoms with Crippen LogP contribution in [0.1, 0.15) is 38.2 Å². The minimum absolute atomic E-state index is 0. The van der Waals surface area contributed by atoms with E-state index in [-0.39, 0.29) is 24.6 Å². The van der Waals surface area contributed by atoms with E-state index in [2.05, 4.69) is 4.72 Å². The van der Waals surface area contributed by atoms with E-state index in [1.165, 1.54) is 0 Å². The maximum absolute atomic E-state index is 12.6. The molecule has 1 saturated carbocycles. The summed E-state index contributed by atoms with van der Waals surface area (Å²) in [6.07, 6.45) is 5.30. The molecule has 3 rings (SSSR count). The lowest BCUT2D eigenvalue weighted by Gasteiger charge is -2.23. The predicted octanol–water partition coefficient (Wildman–Crippen LogP) is 2.23. The molecule has 1 aromatic rings. The molecule has 7 heteroatoms. The van der Waals surface area contributed by atoms with Crippen LogP contribution >= 0.6 is 12.4 Å². The van der Waals surface area contributed by atoms with Crippen LogP contribution in [-0.2, 0) is 16.4 Å². The van der Waals surface area contributed by atoms with Gasteiger partial charge in [0.15, 0.2) is 0 Å². The number of nitrogens with one attached hydrogen (secondary N) is 1. The van der Waals surface area contributed by atoms with Gasteiger partial charge in [-0.05, 0) is 49.4 Å². The summed E-state index contributed by atoms with van der Waals surface area (Å²) < 4.78 is 33.7. The minimum Gasteiger partial charge on any atom is -0.490 e. The van der Waals surface area contributed by atoms with Crippen LogP contribution in [0.25, 0.3) is 0 Å². The molecule has 3 N–H and O–H groups in total. The quantitative estimate of drug-likeness (QED) is 0.843. The Bertz CT molecular complexity index is 645. The Hall–Kier alpha value is -0.820. The first kappa shape index (κ1) is 18.5. The highest BCUT2D eigenvalue weighted by Gasteiger charge is 2.29. The molecule has 0 saturated heterocycles. The van der Waals surface area contributed by atoms with Gasteiger partial charge in [-0.25, -0.2) is 13.1 Å². The van der Waals surface area contributed by atoms with Gasteiger partial charge in [0.1, 0.15) is 11.9 Å². The number of benzene rings is 1. The fraction of sp³-hybridized carbons (Fsp3) is 0.625. The fourth-order valence-electron chi connectivity index (χ4n) is 3.53. The van der Waals surface area contributed by atoms with E-state index in [0.717, 1.165) is 43.4 Å². The van der Waals surface area contributed by atoms with Crippen molar-refractivity contribution in [3.8, 4) is 5.75 Å². The van der Waals surface area contributed by atoms with Gasteiger partial charge >= 0.3 is 0 Å². The molecule has 0 aromatic heterocycles. The van der Waals surface area contributed by atoms with Crippen LogP contribution in [0.3, 0.4) is 0 Å². The van der Waals surface area contributed by atoms with Crippen LogP contribution in [0, 0.1) is 5.92 Å². The van der Waals surface area contributed by atoms with E-state index in [0.29, 0.717) is 17.4 Å². The summed E-state index contributed by atoms with van der Waals surface area (Å²) in [5.41, 5.74) is 6.76. The number of hydrogen-bond donors (Lipinski definition) is 2. The third kappa shape index (κ3) is 3.99. The van der Waals surface area contributed by atoms with Gasteiger partial charge in [0.25, 0.3) is 0 Å². The fourth-order valence-corrected chi connectivity index (χ4v) is 4.90. The number of ether oxygens (including phenoxy) is 1. The number of sulfonamides is 1. The average molecular weight is 361 g/mol. The van der Waals surface area contributed by atoms with E-state index in [1.807, 2.05) is 6.92 Å². The second-order valence-electron chi connectivity index (χ2n) is 6.41. The number of hydrogen-bond acceptors (Lipinski definition) is 4. The van der Waals surface area contributed by atoms with Crippen molar-refractivity contribution in [3.63, 3.8) is 0 Å². The number of nitrogens with two attached hydrogens (primary N) is 1. The van der Waals surface area contributed by atoms with Gasteiger partial charge in [-0.2, -0.15) is 0 Å². The van der Waals surface area contributed by atoms with Crippen molar-refractivity contribution < 1.29 is 13.2 Å². The Morgan fingerprint density at radius 3 is 2.70 bits per heavy atom. The molecule has 1 aliphatic carbocycles. The first-order valence-electron chi connectivity index (χ1n) is 8.01. The summed E-state index contributed by atoms with van der Waals surface area (Å²) in [5, 5.41) is 0. The molecule has 1 fully saturated rings. The second kappa shape index (κ2) is 7.38. The molecule has 0 spiro atoms. The first-order valence-corrected chi connectivity index (χ1v) is 9.50. The van der Waals surface area contributed by atoms with Crippen molar-refractivity contribution in [2.24, 2.45) is 11.7 Å². The first-order chi connectivity index (χ1) is 10.5. The lowest BCUT2D eigenvalue weighted by molar-refractivity contribution is 0.254. The summed E-state index contributed by atoms with van der Waals surface area (Å²) >= 11 is 0. The van der Waals surface area contributed by atoms with Crippen LogP contribution in [0.2, 0.25) is 0 Å². The van der Waals surface area contributed by atoms with Crippen molar-refractivity contribution >= 4 is 22.4 Å². The Labute approximate surface area is 144 Å². The highest BCUT2D eigenvalue weighted by Crippen LogP contribution is 2.31. The lowest BCUT2D eigenvalue weighted by Crippen LogP contribution is -2.44. The van der Waals surface area contributed by atoms with Gasteiger partial charge in [0.2, 0.25) is 10.0 Å². The number of halogens is 1. The monoisotopic (exact) mass is 360 g/mol. The molecule has 23 heavy (non-hydrogen) atoms. The molecule has 0 bridgehead atoms. The largest absolute Gasteiger partial charge is 0.490 e. The zero-order valence-corrected chi connectivity index (χ0v) is 15.0. The normalized spacial score (nSPS) is 22.3. The molecule has 130 valence electrons. The van der Waals surface area contributed by atoms with Crippen molar-refractivity contribution in [2.75, 3.05) is 6.54 Å². The summed E-state index contributed by atoms with van der Waals surface area (Å²) in [4.78, 5) is 0.306. The third-order valence-corrected chi connectivity index (χ3v) is 6.19. The molecule has 2 unspecified atom stereocenters. The summed E-state index contributed by atoms with van der Waals surface area (Å²) in [6, 6.07) is 4.92. The maximum Gasteiger partial charge on any atom is 0.240 e. The van der Waals surface area contributed by atoms with Crippen LogP contribution in [0.15, 0.2) is 23.1 Å². The van der Waals surface area contributed by atoms with Crippen LogP contribution < -0.4 is 15.2 Å². The SMILES string of the molecule is CC1Cc2cc(S(=O)(=O)NC(CN)C3CCCC3)ccc2O1.Cl. The highest BCUT2D eigenvalue weighted by molar-refractivity contribution is 7.89. The van der Waals surface area contributed by atoms with E-state index in [9.17, 15) is 8.42 Å². The van der Waals surface area contributed by atoms with Gasteiger partial charge in [-0.1, -0.05) is 12.8 Å². The van der Waals surface area contributed by atoms with Crippen molar-refractivity contribution in [1.29, 1.82) is 0 Å². The highest BCUT2D eigenvalue weighted by atomic mass is 35.5. The molecule has 1 aromatic carbocycles. The van der Waals surface area contributed by atoms with Crippen LogP contribution in [0.4, 0.5) is 0 Å². The molecule has 2 atom stereocenters. The van der Waals surface area contributed by atoms with E-state index in [4.69, 9.17) is 10.5 Å². The molecule has 2 aliphatic rings. The zero-order valence-electron chi connectivity index (χ0n) is 13.3. The van der Waals surface area contributed by atoms with Crippen LogP contribution in [-0.4, -0.2) is 27.1 Å². The van der Waals surface area contributed by atoms with Crippen molar-refractivity contribution in [2.45, 2.75) is 56.1 Å². The van der Waals surface area contributed by atoms with Crippen molar-refractivity contribution in [3.05, 3.63) is 23.8 Å². The molecule has 0 amide bonds. The van der Waals surface area contributed by atoms with Gasteiger partial charge in [0, 0.05) is 19.0 Å². The van der Waals surface area contributed by atoms with Crippen LogP contribution in [0.5, 0.6) is 5.75 Å². The summed E-state index contributed by atoms with van der Waals surface area (Å²) in [5.74, 6) is 1.15. The molecule has 0 radical (unpaired) electrons. The molecular formula is C16H25ClN2O3S. The second-order valence-corrected chi connectivity index (χ2v) is 8.12. The molecule has 1 aliphatic heterocycles. The average Bonchev–Trinajstić information content (AvgIpc) is 3.11. The smallest absolute Gasteiger partial charge is 0.240 e.